The average Bonchev–Trinajstić information content (AvgIpc) is 2.28. The van der Waals surface area contributed by atoms with Crippen LogP contribution in [0.2, 0.25) is 0 Å². The topological polar surface area (TPSA) is 27.0 Å². The molecule has 0 aliphatic heterocycles. The van der Waals surface area contributed by atoms with E-state index in [2.05, 4.69) is 18.7 Å². The Morgan fingerprint density at radius 3 is 2.53 bits per heavy atom. The summed E-state index contributed by atoms with van der Waals surface area (Å²) in [7, 11) is 0. The molecule has 1 aromatic rings. The molecule has 0 unspecified atom stereocenters. The molecular weight excluding hydrogens is 191 g/mol. The minimum atomic E-state index is -0.444. The zero-order chi connectivity index (χ0) is 11.3. The molecule has 0 aliphatic carbocycles. The smallest absolute Gasteiger partial charge is 0.140 e. The Bertz CT molecular complexity index is 364. The molecule has 1 aromatic carbocycles. The molecule has 0 amide bonds. The molecule has 0 aromatic heterocycles. The third-order valence-electron chi connectivity index (χ3n) is 2.45. The van der Waals surface area contributed by atoms with Crippen LogP contribution < -0.4 is 0 Å². The van der Waals surface area contributed by atoms with Gasteiger partial charge in [0.2, 0.25) is 0 Å². The monoisotopic (exact) mass is 206 g/mol. The van der Waals surface area contributed by atoms with Crippen LogP contribution in [-0.2, 0) is 6.54 Å². The first-order valence-corrected chi connectivity index (χ1v) is 5.12. The molecule has 80 valence electrons. The fourth-order valence-electron chi connectivity index (χ4n) is 1.46. The first-order valence-electron chi connectivity index (χ1n) is 5.12. The van der Waals surface area contributed by atoms with E-state index in [9.17, 15) is 4.39 Å². The van der Waals surface area contributed by atoms with Gasteiger partial charge < -0.3 is 0 Å². The molecule has 0 aliphatic rings. The van der Waals surface area contributed by atoms with Crippen molar-refractivity contribution in [1.29, 1.82) is 5.26 Å². The van der Waals surface area contributed by atoms with Crippen LogP contribution in [0.25, 0.3) is 0 Å². The van der Waals surface area contributed by atoms with Crippen molar-refractivity contribution in [3.05, 3.63) is 35.1 Å². The van der Waals surface area contributed by atoms with Crippen molar-refractivity contribution in [3.8, 4) is 6.07 Å². The van der Waals surface area contributed by atoms with E-state index in [-0.39, 0.29) is 5.56 Å². The lowest BCUT2D eigenvalue weighted by Gasteiger charge is -2.17. The molecule has 2 nitrogen and oxygen atoms in total. The summed E-state index contributed by atoms with van der Waals surface area (Å²) in [5, 5.41) is 8.69. The van der Waals surface area contributed by atoms with Crippen LogP contribution in [0.15, 0.2) is 18.2 Å². The lowest BCUT2D eigenvalue weighted by atomic mass is 10.1. The second kappa shape index (κ2) is 5.47. The predicted molar refractivity (Wildman–Crippen MR) is 57.7 cm³/mol. The Hall–Kier alpha value is -1.40. The van der Waals surface area contributed by atoms with Crippen LogP contribution in [0.4, 0.5) is 4.39 Å². The summed E-state index contributed by atoms with van der Waals surface area (Å²) in [6.07, 6.45) is 0. The first-order chi connectivity index (χ1) is 7.21. The second-order valence-corrected chi connectivity index (χ2v) is 3.39. The summed E-state index contributed by atoms with van der Waals surface area (Å²) in [5.41, 5.74) is 1.11. The Balaban J connectivity index is 2.83. The van der Waals surface area contributed by atoms with Crippen LogP contribution in [0, 0.1) is 17.1 Å². The summed E-state index contributed by atoms with van der Waals surface area (Å²) < 4.78 is 13.0. The Morgan fingerprint density at radius 1 is 1.33 bits per heavy atom. The standard InChI is InChI=1S/C12H15FN2/c1-3-15(4-2)9-10-5-6-12(13)11(7-10)8-14/h5-7H,3-4,9H2,1-2H3. The highest BCUT2D eigenvalue weighted by atomic mass is 19.1. The van der Waals surface area contributed by atoms with E-state index in [1.54, 1.807) is 12.1 Å². The minimum absolute atomic E-state index is 0.125. The lowest BCUT2D eigenvalue weighted by Crippen LogP contribution is -2.22. The van der Waals surface area contributed by atoms with Crippen molar-refractivity contribution < 1.29 is 4.39 Å². The SMILES string of the molecule is CCN(CC)Cc1ccc(F)c(C#N)c1. The lowest BCUT2D eigenvalue weighted by molar-refractivity contribution is 0.295. The van der Waals surface area contributed by atoms with Gasteiger partial charge in [0.25, 0.3) is 0 Å². The molecule has 0 N–H and O–H groups in total. The average molecular weight is 206 g/mol. The summed E-state index contributed by atoms with van der Waals surface area (Å²) >= 11 is 0. The Morgan fingerprint density at radius 2 is 2.00 bits per heavy atom. The van der Waals surface area contributed by atoms with Gasteiger partial charge in [-0.15, -0.1) is 0 Å². The molecule has 0 saturated heterocycles. The van der Waals surface area contributed by atoms with Gasteiger partial charge in [0.1, 0.15) is 11.9 Å². The zero-order valence-corrected chi connectivity index (χ0v) is 9.13. The van der Waals surface area contributed by atoms with Gasteiger partial charge in [-0.3, -0.25) is 4.90 Å². The highest BCUT2D eigenvalue weighted by Crippen LogP contribution is 2.11. The van der Waals surface area contributed by atoms with E-state index < -0.39 is 5.82 Å². The van der Waals surface area contributed by atoms with Crippen LogP contribution in [0.3, 0.4) is 0 Å². The molecule has 0 fully saturated rings. The van der Waals surface area contributed by atoms with Gasteiger partial charge in [-0.2, -0.15) is 5.26 Å². The number of nitrogens with zero attached hydrogens (tertiary/aromatic N) is 2. The first kappa shape index (κ1) is 11.7. The number of hydrogen-bond acceptors (Lipinski definition) is 2. The molecule has 15 heavy (non-hydrogen) atoms. The third-order valence-corrected chi connectivity index (χ3v) is 2.45. The predicted octanol–water partition coefficient (Wildman–Crippen LogP) is 2.54. The van der Waals surface area contributed by atoms with Crippen molar-refractivity contribution in [2.75, 3.05) is 13.1 Å². The number of hydrogen-bond donors (Lipinski definition) is 0. The Kier molecular flexibility index (Phi) is 4.26. The summed E-state index contributed by atoms with van der Waals surface area (Å²) in [6, 6.07) is 6.56. The Labute approximate surface area is 89.9 Å². The molecule has 0 radical (unpaired) electrons. The fraction of sp³-hybridized carbons (Fsp3) is 0.417. The van der Waals surface area contributed by atoms with E-state index in [0.717, 1.165) is 25.2 Å². The number of halogens is 1. The molecule has 0 heterocycles. The second-order valence-electron chi connectivity index (χ2n) is 3.39. The summed E-state index contributed by atoms with van der Waals surface area (Å²) in [6.45, 7) is 6.84. The zero-order valence-electron chi connectivity index (χ0n) is 9.13. The van der Waals surface area contributed by atoms with Crippen LogP contribution >= 0.6 is 0 Å². The van der Waals surface area contributed by atoms with Crippen molar-refractivity contribution in [2.24, 2.45) is 0 Å². The minimum Gasteiger partial charge on any atom is -0.300 e. The molecule has 0 atom stereocenters. The van der Waals surface area contributed by atoms with Gasteiger partial charge in [-0.1, -0.05) is 19.9 Å². The van der Waals surface area contributed by atoms with Crippen molar-refractivity contribution in [1.82, 2.24) is 4.90 Å². The molecule has 0 saturated carbocycles. The molecule has 3 heteroatoms. The van der Waals surface area contributed by atoms with E-state index >= 15 is 0 Å². The maximum atomic E-state index is 13.0. The highest BCUT2D eigenvalue weighted by Gasteiger charge is 2.05. The highest BCUT2D eigenvalue weighted by molar-refractivity contribution is 5.34. The number of benzene rings is 1. The van der Waals surface area contributed by atoms with E-state index in [1.165, 1.54) is 6.07 Å². The van der Waals surface area contributed by atoms with Gasteiger partial charge in [-0.05, 0) is 30.8 Å². The van der Waals surface area contributed by atoms with Gasteiger partial charge >= 0.3 is 0 Å². The quantitative estimate of drug-likeness (QED) is 0.757. The number of nitriles is 1. The van der Waals surface area contributed by atoms with Crippen molar-refractivity contribution in [3.63, 3.8) is 0 Å². The maximum absolute atomic E-state index is 13.0. The summed E-state index contributed by atoms with van der Waals surface area (Å²) in [5.74, 6) is -0.444. The molecule has 0 bridgehead atoms. The largest absolute Gasteiger partial charge is 0.300 e. The van der Waals surface area contributed by atoms with Crippen LogP contribution in [0.5, 0.6) is 0 Å². The van der Waals surface area contributed by atoms with Gasteiger partial charge in [0.05, 0.1) is 5.56 Å². The molecule has 1 rings (SSSR count). The fourth-order valence-corrected chi connectivity index (χ4v) is 1.46. The van der Waals surface area contributed by atoms with Crippen molar-refractivity contribution in [2.45, 2.75) is 20.4 Å². The van der Waals surface area contributed by atoms with E-state index in [4.69, 9.17) is 5.26 Å². The van der Waals surface area contributed by atoms with Gasteiger partial charge in [-0.25, -0.2) is 4.39 Å². The number of rotatable bonds is 4. The van der Waals surface area contributed by atoms with Crippen molar-refractivity contribution >= 4 is 0 Å². The van der Waals surface area contributed by atoms with E-state index in [0.29, 0.717) is 0 Å². The summed E-state index contributed by atoms with van der Waals surface area (Å²) in [4.78, 5) is 2.22. The van der Waals surface area contributed by atoms with Gasteiger partial charge in [0, 0.05) is 6.54 Å². The van der Waals surface area contributed by atoms with Crippen LogP contribution in [0.1, 0.15) is 25.0 Å². The third kappa shape index (κ3) is 3.03. The molecule has 0 spiro atoms. The molecular formula is C12H15FN2. The maximum Gasteiger partial charge on any atom is 0.140 e. The van der Waals surface area contributed by atoms with Crippen LogP contribution in [-0.4, -0.2) is 18.0 Å². The van der Waals surface area contributed by atoms with Gasteiger partial charge in [0.15, 0.2) is 0 Å². The van der Waals surface area contributed by atoms with E-state index in [1.807, 2.05) is 6.07 Å². The normalized spacial score (nSPS) is 10.3.